The first-order valence-electron chi connectivity index (χ1n) is 24.6. The van der Waals surface area contributed by atoms with E-state index in [2.05, 4.69) is 93.7 Å². The fraction of sp³-hybridized carbons (Fsp3) is 0.685. The lowest BCUT2D eigenvalue weighted by Crippen LogP contribution is -2.30. The van der Waals surface area contributed by atoms with E-state index >= 15 is 0 Å². The molecule has 0 aromatic carbocycles. The molecule has 342 valence electrons. The number of allylic oxidation sites excluding steroid dienone is 14. The molecule has 0 aromatic heterocycles. The minimum atomic E-state index is -0.816. The molecule has 0 spiro atoms. The summed E-state index contributed by atoms with van der Waals surface area (Å²) < 4.78 is 16.7. The van der Waals surface area contributed by atoms with E-state index in [1.165, 1.54) is 83.5 Å². The van der Waals surface area contributed by atoms with Gasteiger partial charge in [-0.05, 0) is 77.0 Å². The van der Waals surface area contributed by atoms with E-state index in [0.29, 0.717) is 19.3 Å². The fourth-order valence-corrected chi connectivity index (χ4v) is 6.53. The van der Waals surface area contributed by atoms with Gasteiger partial charge in [0.15, 0.2) is 6.10 Å². The molecule has 1 unspecified atom stereocenters. The lowest BCUT2D eigenvalue weighted by atomic mass is 10.0. The molecule has 0 amide bonds. The molecule has 0 aliphatic rings. The molecule has 0 aromatic rings. The van der Waals surface area contributed by atoms with E-state index in [1.54, 1.807) is 0 Å². The second kappa shape index (κ2) is 48.3. The van der Waals surface area contributed by atoms with Crippen LogP contribution in [-0.2, 0) is 28.6 Å². The fourth-order valence-electron chi connectivity index (χ4n) is 6.53. The van der Waals surface area contributed by atoms with Gasteiger partial charge in [-0.1, -0.05) is 209 Å². The minimum absolute atomic E-state index is 0.107. The molecule has 0 rings (SSSR count). The highest BCUT2D eigenvalue weighted by atomic mass is 16.6. The summed E-state index contributed by atoms with van der Waals surface area (Å²) in [4.78, 5) is 37.8. The molecule has 0 heterocycles. The van der Waals surface area contributed by atoms with Crippen molar-refractivity contribution in [2.75, 3.05) is 13.2 Å². The second-order valence-corrected chi connectivity index (χ2v) is 16.0. The average Bonchev–Trinajstić information content (AvgIpc) is 3.24. The summed E-state index contributed by atoms with van der Waals surface area (Å²) in [5.74, 6) is -1.00. The summed E-state index contributed by atoms with van der Waals surface area (Å²) in [5, 5.41) is 0. The molecule has 0 saturated heterocycles. The quantitative estimate of drug-likeness (QED) is 0.0263. The molecule has 60 heavy (non-hydrogen) atoms. The molecule has 0 saturated carbocycles. The Morgan fingerprint density at radius 3 is 1.08 bits per heavy atom. The molecule has 0 fully saturated rings. The maximum Gasteiger partial charge on any atom is 0.306 e. The van der Waals surface area contributed by atoms with Crippen LogP contribution in [-0.4, -0.2) is 37.2 Å². The zero-order chi connectivity index (χ0) is 43.7. The molecule has 6 nitrogen and oxygen atoms in total. The Hall–Kier alpha value is -3.41. The Bertz CT molecular complexity index is 1190. The Kier molecular flexibility index (Phi) is 45.5. The topological polar surface area (TPSA) is 78.9 Å². The molecule has 0 aliphatic carbocycles. The average molecular weight is 835 g/mol. The first-order valence-corrected chi connectivity index (χ1v) is 24.6. The number of rotatable bonds is 43. The normalized spacial score (nSPS) is 12.8. The Balaban J connectivity index is 4.46. The number of hydrogen-bond acceptors (Lipinski definition) is 6. The molecule has 1 atom stereocenters. The van der Waals surface area contributed by atoms with Crippen LogP contribution in [0.3, 0.4) is 0 Å². The van der Waals surface area contributed by atoms with Gasteiger partial charge < -0.3 is 14.2 Å². The third kappa shape index (κ3) is 45.7. The lowest BCUT2D eigenvalue weighted by molar-refractivity contribution is -0.166. The van der Waals surface area contributed by atoms with E-state index in [4.69, 9.17) is 14.2 Å². The number of carbonyl (C=O) groups excluding carboxylic acids is 3. The third-order valence-corrected chi connectivity index (χ3v) is 10.2. The summed E-state index contributed by atoms with van der Waals surface area (Å²) in [6, 6.07) is 0. The van der Waals surface area contributed by atoms with E-state index < -0.39 is 12.1 Å². The van der Waals surface area contributed by atoms with Gasteiger partial charge in [0.25, 0.3) is 0 Å². The number of ether oxygens (including phenoxy) is 3. The van der Waals surface area contributed by atoms with Gasteiger partial charge in [0, 0.05) is 19.3 Å². The van der Waals surface area contributed by atoms with Crippen LogP contribution >= 0.6 is 0 Å². The summed E-state index contributed by atoms with van der Waals surface area (Å²) in [7, 11) is 0. The van der Waals surface area contributed by atoms with Crippen molar-refractivity contribution in [3.8, 4) is 0 Å². The zero-order valence-electron chi connectivity index (χ0n) is 38.9. The molecular formula is C54H90O6. The number of carbonyl (C=O) groups is 3. The van der Waals surface area contributed by atoms with Crippen LogP contribution in [0, 0.1) is 0 Å². The van der Waals surface area contributed by atoms with Gasteiger partial charge in [-0.25, -0.2) is 0 Å². The highest BCUT2D eigenvalue weighted by Gasteiger charge is 2.19. The zero-order valence-corrected chi connectivity index (χ0v) is 38.9. The highest BCUT2D eigenvalue weighted by Crippen LogP contribution is 2.14. The summed E-state index contributed by atoms with van der Waals surface area (Å²) in [6.07, 6.45) is 61.5. The standard InChI is InChI=1S/C54H90O6/c1-4-7-10-13-16-19-22-25-26-27-28-30-32-35-38-41-44-47-53(56)59-50-51(49-58-52(55)46-43-40-37-34-31-24-21-18-15-12-9-6-3)60-54(57)48-45-42-39-36-33-29-23-20-17-14-11-8-5-2/h7-8,10-11,16-17,19-20,25-26,29,33,39,42,51H,4-6,9,12-15,18,21-24,27-28,30-32,34-38,40-41,43-50H2,1-3H3/b10-7-,11-8-,19-16-,20-17-,26-25-,33-29-,42-39-. The lowest BCUT2D eigenvalue weighted by Gasteiger charge is -2.18. The Morgan fingerprint density at radius 1 is 0.350 bits per heavy atom. The van der Waals surface area contributed by atoms with Gasteiger partial charge in [-0.15, -0.1) is 0 Å². The molecule has 0 radical (unpaired) electrons. The highest BCUT2D eigenvalue weighted by molar-refractivity contribution is 5.71. The maximum atomic E-state index is 12.7. The largest absolute Gasteiger partial charge is 0.462 e. The number of esters is 3. The third-order valence-electron chi connectivity index (χ3n) is 10.2. The van der Waals surface area contributed by atoms with Crippen molar-refractivity contribution in [2.24, 2.45) is 0 Å². The van der Waals surface area contributed by atoms with Crippen molar-refractivity contribution in [2.45, 2.75) is 226 Å². The monoisotopic (exact) mass is 835 g/mol. The van der Waals surface area contributed by atoms with Crippen LogP contribution in [0.4, 0.5) is 0 Å². The van der Waals surface area contributed by atoms with Crippen molar-refractivity contribution in [1.82, 2.24) is 0 Å². The van der Waals surface area contributed by atoms with E-state index in [1.807, 2.05) is 12.2 Å². The van der Waals surface area contributed by atoms with Gasteiger partial charge in [0.1, 0.15) is 13.2 Å². The van der Waals surface area contributed by atoms with Crippen molar-refractivity contribution in [3.05, 3.63) is 85.1 Å². The van der Waals surface area contributed by atoms with Crippen molar-refractivity contribution < 1.29 is 28.6 Å². The van der Waals surface area contributed by atoms with Gasteiger partial charge in [0.05, 0.1) is 0 Å². The van der Waals surface area contributed by atoms with Crippen molar-refractivity contribution >= 4 is 17.9 Å². The summed E-state index contributed by atoms with van der Waals surface area (Å²) in [6.45, 7) is 6.33. The molecule has 0 bridgehead atoms. The molecular weight excluding hydrogens is 745 g/mol. The minimum Gasteiger partial charge on any atom is -0.462 e. The van der Waals surface area contributed by atoms with Crippen LogP contribution in [0.5, 0.6) is 0 Å². The number of unbranched alkanes of at least 4 members (excludes halogenated alkanes) is 18. The Labute approximate surface area is 369 Å². The van der Waals surface area contributed by atoms with Gasteiger partial charge in [-0.3, -0.25) is 14.4 Å². The smallest absolute Gasteiger partial charge is 0.306 e. The Morgan fingerprint density at radius 2 is 0.683 bits per heavy atom. The molecule has 0 N–H and O–H groups in total. The van der Waals surface area contributed by atoms with Crippen LogP contribution in [0.1, 0.15) is 220 Å². The molecule has 0 aliphatic heterocycles. The van der Waals surface area contributed by atoms with Crippen LogP contribution in [0.15, 0.2) is 85.1 Å². The van der Waals surface area contributed by atoms with E-state index in [9.17, 15) is 14.4 Å². The first kappa shape index (κ1) is 56.6. The van der Waals surface area contributed by atoms with Crippen molar-refractivity contribution in [1.29, 1.82) is 0 Å². The number of hydrogen-bond donors (Lipinski definition) is 0. The van der Waals surface area contributed by atoms with Crippen LogP contribution in [0.2, 0.25) is 0 Å². The van der Waals surface area contributed by atoms with E-state index in [0.717, 1.165) is 89.9 Å². The van der Waals surface area contributed by atoms with E-state index in [-0.39, 0.29) is 31.6 Å². The predicted octanol–water partition coefficient (Wildman–Crippen LogP) is 16.0. The van der Waals surface area contributed by atoms with Crippen LogP contribution < -0.4 is 0 Å². The first-order chi connectivity index (χ1) is 29.5. The second-order valence-electron chi connectivity index (χ2n) is 16.0. The maximum absolute atomic E-state index is 12.7. The SMILES string of the molecule is CC/C=C\C/C=C\C/C=C\C/C=C\CCC(=O)OC(COC(=O)CCCCCCCCC/C=C\C/C=C\C/C=C\CC)COC(=O)CCCCCCCCCCCCCC. The van der Waals surface area contributed by atoms with Gasteiger partial charge >= 0.3 is 17.9 Å². The predicted molar refractivity (Wildman–Crippen MR) is 256 cm³/mol. The molecule has 6 heteroatoms. The van der Waals surface area contributed by atoms with Gasteiger partial charge in [-0.2, -0.15) is 0 Å². The van der Waals surface area contributed by atoms with Gasteiger partial charge in [0.2, 0.25) is 0 Å². The summed E-state index contributed by atoms with van der Waals surface area (Å²) >= 11 is 0. The van der Waals surface area contributed by atoms with Crippen LogP contribution in [0.25, 0.3) is 0 Å². The summed E-state index contributed by atoms with van der Waals surface area (Å²) in [5.41, 5.74) is 0. The van der Waals surface area contributed by atoms with Crippen molar-refractivity contribution in [3.63, 3.8) is 0 Å².